The van der Waals surface area contributed by atoms with E-state index < -0.39 is 0 Å². The standard InChI is InChI=1S/C12H11NO2S/c1-8-2-3-9(6-11(8)14)12(15)13-10-4-5-16-7-10/h2-7,14H,1H3,(H,13,15). The van der Waals surface area contributed by atoms with Crippen molar-refractivity contribution in [1.29, 1.82) is 0 Å². The molecule has 0 aliphatic rings. The van der Waals surface area contributed by atoms with Gasteiger partial charge in [-0.2, -0.15) is 11.3 Å². The minimum Gasteiger partial charge on any atom is -0.508 e. The zero-order valence-corrected chi connectivity index (χ0v) is 9.54. The number of rotatable bonds is 2. The number of phenols is 1. The summed E-state index contributed by atoms with van der Waals surface area (Å²) >= 11 is 1.52. The highest BCUT2D eigenvalue weighted by molar-refractivity contribution is 7.08. The molecule has 2 rings (SSSR count). The Morgan fingerprint density at radius 2 is 2.19 bits per heavy atom. The Hall–Kier alpha value is -1.81. The van der Waals surface area contributed by atoms with E-state index in [4.69, 9.17) is 0 Å². The maximum atomic E-state index is 11.8. The van der Waals surface area contributed by atoms with E-state index in [-0.39, 0.29) is 11.7 Å². The monoisotopic (exact) mass is 233 g/mol. The summed E-state index contributed by atoms with van der Waals surface area (Å²) in [7, 11) is 0. The third-order valence-corrected chi connectivity index (χ3v) is 2.93. The molecule has 0 saturated heterocycles. The van der Waals surface area contributed by atoms with Gasteiger partial charge in [0.25, 0.3) is 5.91 Å². The van der Waals surface area contributed by atoms with Crippen LogP contribution in [0, 0.1) is 6.92 Å². The maximum Gasteiger partial charge on any atom is 0.255 e. The average molecular weight is 233 g/mol. The molecule has 2 aromatic rings. The number of nitrogens with one attached hydrogen (secondary N) is 1. The lowest BCUT2D eigenvalue weighted by atomic mass is 10.1. The van der Waals surface area contributed by atoms with Crippen molar-refractivity contribution in [2.75, 3.05) is 5.32 Å². The van der Waals surface area contributed by atoms with Crippen LogP contribution in [0.3, 0.4) is 0 Å². The van der Waals surface area contributed by atoms with Crippen molar-refractivity contribution < 1.29 is 9.90 Å². The van der Waals surface area contributed by atoms with Crippen LogP contribution in [0.5, 0.6) is 5.75 Å². The molecule has 0 atom stereocenters. The zero-order valence-electron chi connectivity index (χ0n) is 8.73. The van der Waals surface area contributed by atoms with Crippen molar-refractivity contribution in [3.63, 3.8) is 0 Å². The molecular formula is C12H11NO2S. The van der Waals surface area contributed by atoms with Gasteiger partial charge in [-0.25, -0.2) is 0 Å². The lowest BCUT2D eigenvalue weighted by Crippen LogP contribution is -2.11. The molecule has 16 heavy (non-hydrogen) atoms. The highest BCUT2D eigenvalue weighted by atomic mass is 32.1. The molecule has 1 heterocycles. The molecule has 0 bridgehead atoms. The highest BCUT2D eigenvalue weighted by Crippen LogP contribution is 2.19. The summed E-state index contributed by atoms with van der Waals surface area (Å²) < 4.78 is 0. The fourth-order valence-electron chi connectivity index (χ4n) is 1.29. The summed E-state index contributed by atoms with van der Waals surface area (Å²) in [6.45, 7) is 1.79. The van der Waals surface area contributed by atoms with Gasteiger partial charge in [0.15, 0.2) is 0 Å². The summed E-state index contributed by atoms with van der Waals surface area (Å²) in [5.41, 5.74) is 1.98. The Morgan fingerprint density at radius 1 is 1.38 bits per heavy atom. The van der Waals surface area contributed by atoms with Gasteiger partial charge in [-0.15, -0.1) is 0 Å². The molecule has 4 heteroatoms. The number of phenolic OH excluding ortho intramolecular Hbond substituents is 1. The van der Waals surface area contributed by atoms with Crippen molar-refractivity contribution in [2.24, 2.45) is 0 Å². The van der Waals surface area contributed by atoms with Crippen LogP contribution in [-0.4, -0.2) is 11.0 Å². The van der Waals surface area contributed by atoms with Crippen LogP contribution in [0.25, 0.3) is 0 Å². The second-order valence-corrected chi connectivity index (χ2v) is 4.25. The quantitative estimate of drug-likeness (QED) is 0.837. The molecule has 0 radical (unpaired) electrons. The number of aromatic hydroxyl groups is 1. The molecule has 0 saturated carbocycles. The minimum atomic E-state index is -0.214. The van der Waals surface area contributed by atoms with E-state index in [2.05, 4.69) is 5.32 Å². The second-order valence-electron chi connectivity index (χ2n) is 3.47. The zero-order chi connectivity index (χ0) is 11.5. The van der Waals surface area contributed by atoms with Crippen molar-refractivity contribution >= 4 is 22.9 Å². The third-order valence-electron chi connectivity index (χ3n) is 2.25. The Balaban J connectivity index is 2.18. The summed E-state index contributed by atoms with van der Waals surface area (Å²) in [4.78, 5) is 11.8. The Bertz CT molecular complexity index is 506. The van der Waals surface area contributed by atoms with Crippen LogP contribution >= 0.6 is 11.3 Å². The van der Waals surface area contributed by atoms with Crippen molar-refractivity contribution in [3.8, 4) is 5.75 Å². The van der Waals surface area contributed by atoms with Crippen LogP contribution in [0.1, 0.15) is 15.9 Å². The minimum absolute atomic E-state index is 0.137. The van der Waals surface area contributed by atoms with Gasteiger partial charge in [0.1, 0.15) is 5.75 Å². The van der Waals surface area contributed by atoms with Gasteiger partial charge < -0.3 is 10.4 Å². The third kappa shape index (κ3) is 2.23. The Labute approximate surface area is 97.4 Å². The van der Waals surface area contributed by atoms with Crippen LogP contribution < -0.4 is 5.32 Å². The number of amides is 1. The molecular weight excluding hydrogens is 222 g/mol. The first kappa shape index (κ1) is 10.7. The summed E-state index contributed by atoms with van der Waals surface area (Å²) in [5, 5.41) is 16.0. The fraction of sp³-hybridized carbons (Fsp3) is 0.0833. The van der Waals surface area contributed by atoms with E-state index in [1.54, 1.807) is 19.1 Å². The highest BCUT2D eigenvalue weighted by Gasteiger charge is 2.07. The summed E-state index contributed by atoms with van der Waals surface area (Å²) in [6.07, 6.45) is 0. The van der Waals surface area contributed by atoms with Crippen molar-refractivity contribution in [2.45, 2.75) is 6.92 Å². The van der Waals surface area contributed by atoms with Gasteiger partial charge in [-0.3, -0.25) is 4.79 Å². The number of benzene rings is 1. The summed E-state index contributed by atoms with van der Waals surface area (Å²) in [5.74, 6) is -0.0772. The van der Waals surface area contributed by atoms with E-state index in [0.717, 1.165) is 11.3 Å². The maximum absolute atomic E-state index is 11.8. The number of carbonyl (C=O) groups is 1. The van der Waals surface area contributed by atoms with Crippen LogP contribution in [0.15, 0.2) is 35.0 Å². The number of aryl methyl sites for hydroxylation is 1. The molecule has 0 spiro atoms. The van der Waals surface area contributed by atoms with Gasteiger partial charge >= 0.3 is 0 Å². The molecule has 82 valence electrons. The van der Waals surface area contributed by atoms with E-state index >= 15 is 0 Å². The molecule has 1 aromatic carbocycles. The predicted octanol–water partition coefficient (Wildman–Crippen LogP) is 3.01. The topological polar surface area (TPSA) is 49.3 Å². The van der Waals surface area contributed by atoms with Crippen molar-refractivity contribution in [1.82, 2.24) is 0 Å². The fourth-order valence-corrected chi connectivity index (χ4v) is 1.88. The predicted molar refractivity (Wildman–Crippen MR) is 65.1 cm³/mol. The molecule has 0 aliphatic heterocycles. The molecule has 0 unspecified atom stereocenters. The van der Waals surface area contributed by atoms with Gasteiger partial charge in [-0.05, 0) is 36.1 Å². The van der Waals surface area contributed by atoms with Gasteiger partial charge in [0.05, 0.1) is 5.69 Å². The molecule has 2 N–H and O–H groups in total. The van der Waals surface area contributed by atoms with Crippen LogP contribution in [0.2, 0.25) is 0 Å². The number of hydrogen-bond donors (Lipinski definition) is 2. The van der Waals surface area contributed by atoms with Crippen LogP contribution in [-0.2, 0) is 0 Å². The first-order valence-electron chi connectivity index (χ1n) is 4.80. The molecule has 0 aliphatic carbocycles. The first-order chi connectivity index (χ1) is 7.66. The second kappa shape index (κ2) is 4.37. The first-order valence-corrected chi connectivity index (χ1v) is 5.74. The van der Waals surface area contributed by atoms with Gasteiger partial charge in [0, 0.05) is 10.9 Å². The lowest BCUT2D eigenvalue weighted by molar-refractivity contribution is 0.102. The molecule has 1 amide bonds. The van der Waals surface area contributed by atoms with E-state index in [0.29, 0.717) is 5.56 Å². The Morgan fingerprint density at radius 3 is 2.81 bits per heavy atom. The van der Waals surface area contributed by atoms with E-state index in [1.807, 2.05) is 16.8 Å². The van der Waals surface area contributed by atoms with E-state index in [1.165, 1.54) is 17.4 Å². The smallest absolute Gasteiger partial charge is 0.255 e. The number of thiophene rings is 1. The van der Waals surface area contributed by atoms with E-state index in [9.17, 15) is 9.90 Å². The molecule has 1 aromatic heterocycles. The molecule has 0 fully saturated rings. The Kier molecular flexibility index (Phi) is 2.92. The number of hydrogen-bond acceptors (Lipinski definition) is 3. The molecule has 3 nitrogen and oxygen atoms in total. The van der Waals surface area contributed by atoms with Crippen molar-refractivity contribution in [3.05, 3.63) is 46.2 Å². The van der Waals surface area contributed by atoms with Gasteiger partial charge in [-0.1, -0.05) is 6.07 Å². The lowest BCUT2D eigenvalue weighted by Gasteiger charge is -2.04. The summed E-state index contributed by atoms with van der Waals surface area (Å²) in [6, 6.07) is 6.71. The SMILES string of the molecule is Cc1ccc(C(=O)Nc2ccsc2)cc1O. The average Bonchev–Trinajstić information content (AvgIpc) is 2.74. The van der Waals surface area contributed by atoms with Crippen LogP contribution in [0.4, 0.5) is 5.69 Å². The van der Waals surface area contributed by atoms with Gasteiger partial charge in [0.2, 0.25) is 0 Å². The number of carbonyl (C=O) groups excluding carboxylic acids is 1. The largest absolute Gasteiger partial charge is 0.508 e. The number of anilines is 1. The normalized spacial score (nSPS) is 10.1.